The average molecular weight is 414 g/mol. The molecule has 0 spiro atoms. The molecule has 0 aliphatic carbocycles. The molecule has 0 atom stereocenters. The number of nitrogens with zero attached hydrogens (tertiary/aromatic N) is 3. The summed E-state index contributed by atoms with van der Waals surface area (Å²) >= 11 is 8.20. The van der Waals surface area contributed by atoms with Gasteiger partial charge in [0, 0.05) is 22.0 Å². The fraction of sp³-hybridized carbons (Fsp3) is 0.111. The predicted molar refractivity (Wildman–Crippen MR) is 113 cm³/mol. The number of thiazole rings is 1. The Morgan fingerprint density at radius 2 is 2.26 bits per heavy atom. The van der Waals surface area contributed by atoms with Gasteiger partial charge in [-0.3, -0.25) is 19.8 Å². The van der Waals surface area contributed by atoms with Crippen LogP contribution in [-0.4, -0.2) is 25.7 Å². The molecular weight excluding hydrogens is 398 g/mol. The number of nitrogens with one attached hydrogen (secondary N) is 2. The van der Waals surface area contributed by atoms with Gasteiger partial charge in [-0.25, -0.2) is 4.98 Å². The van der Waals surface area contributed by atoms with Gasteiger partial charge in [0.25, 0.3) is 5.91 Å². The Morgan fingerprint density at radius 3 is 3.07 bits per heavy atom. The minimum Gasteiger partial charge on any atom is -0.298 e. The summed E-state index contributed by atoms with van der Waals surface area (Å²) in [6.07, 6.45) is 1.76. The number of amides is 1. The highest BCUT2D eigenvalue weighted by molar-refractivity contribution is 7.71. The lowest BCUT2D eigenvalue weighted by molar-refractivity contribution is 0.102. The number of hydrogen-bond donors (Lipinski definition) is 2. The maximum Gasteiger partial charge on any atom is 0.258 e. The molecule has 2 N–H and O–H groups in total. The van der Waals surface area contributed by atoms with Gasteiger partial charge in [-0.15, -0.1) is 17.9 Å². The van der Waals surface area contributed by atoms with Crippen LogP contribution in [0.3, 0.4) is 0 Å². The molecule has 136 valence electrons. The Kier molecular flexibility index (Phi) is 4.73. The topological polar surface area (TPSA) is 75.6 Å². The Morgan fingerprint density at radius 1 is 1.44 bits per heavy atom. The predicted octanol–water partition coefficient (Wildman–Crippen LogP) is 5.03. The smallest absolute Gasteiger partial charge is 0.258 e. The molecule has 0 unspecified atom stereocenters. The van der Waals surface area contributed by atoms with Crippen LogP contribution in [0.1, 0.15) is 16.1 Å². The molecule has 1 aromatic carbocycles. The second kappa shape index (κ2) is 7.18. The van der Waals surface area contributed by atoms with Crippen LogP contribution in [0.2, 0.25) is 0 Å². The molecule has 4 aromatic rings. The standard InChI is InChI=1S/C18H15N5OS3/c1-3-8-23-15(21-22-18(23)25)14-10(2)19-17(27-14)20-16(24)12-9-26-13-7-5-4-6-11(12)13/h3-7,9H,1,8H2,2H3,(H,22,25)(H,19,20,24). The van der Waals surface area contributed by atoms with Crippen molar-refractivity contribution in [3.63, 3.8) is 0 Å². The van der Waals surface area contributed by atoms with E-state index in [1.165, 1.54) is 11.3 Å². The van der Waals surface area contributed by atoms with Crippen LogP contribution in [0, 0.1) is 11.7 Å². The van der Waals surface area contributed by atoms with Crippen LogP contribution in [0.15, 0.2) is 42.3 Å². The van der Waals surface area contributed by atoms with Crippen molar-refractivity contribution >= 4 is 56.0 Å². The lowest BCUT2D eigenvalue weighted by Gasteiger charge is -2.01. The Balaban J connectivity index is 1.65. The molecular formula is C18H15N5OS3. The van der Waals surface area contributed by atoms with E-state index in [4.69, 9.17) is 12.2 Å². The normalized spacial score (nSPS) is 11.0. The number of aryl methyl sites for hydroxylation is 1. The number of fused-ring (bicyclic) bond motifs is 1. The van der Waals surface area contributed by atoms with Crippen LogP contribution in [-0.2, 0) is 6.54 Å². The van der Waals surface area contributed by atoms with Crippen LogP contribution in [0.5, 0.6) is 0 Å². The number of carbonyl (C=O) groups is 1. The molecule has 0 saturated heterocycles. The number of allylic oxidation sites excluding steroid dienone is 1. The van der Waals surface area contributed by atoms with Gasteiger partial charge >= 0.3 is 0 Å². The van der Waals surface area contributed by atoms with Crippen LogP contribution >= 0.6 is 34.9 Å². The number of carbonyl (C=O) groups excluding carboxylic acids is 1. The monoisotopic (exact) mass is 413 g/mol. The van der Waals surface area contributed by atoms with E-state index in [1.54, 1.807) is 17.4 Å². The summed E-state index contributed by atoms with van der Waals surface area (Å²) in [6.45, 7) is 6.19. The molecule has 0 radical (unpaired) electrons. The average Bonchev–Trinajstić information content (AvgIpc) is 3.33. The van der Waals surface area contributed by atoms with Crippen LogP contribution in [0.25, 0.3) is 20.8 Å². The van der Waals surface area contributed by atoms with Crippen molar-refractivity contribution in [1.29, 1.82) is 0 Å². The molecule has 0 fully saturated rings. The van der Waals surface area contributed by atoms with E-state index in [0.29, 0.717) is 27.8 Å². The van der Waals surface area contributed by atoms with E-state index in [1.807, 2.05) is 41.1 Å². The molecule has 3 heterocycles. The first-order valence-electron chi connectivity index (χ1n) is 8.10. The number of H-pyrrole nitrogens is 1. The molecule has 0 aliphatic rings. The summed E-state index contributed by atoms with van der Waals surface area (Å²) in [7, 11) is 0. The van der Waals surface area contributed by atoms with Crippen molar-refractivity contribution in [3.05, 3.63) is 58.3 Å². The number of hydrogen-bond acceptors (Lipinski definition) is 6. The third-order valence-electron chi connectivity index (χ3n) is 4.02. The maximum atomic E-state index is 12.7. The number of thiophene rings is 1. The fourth-order valence-electron chi connectivity index (χ4n) is 2.76. The van der Waals surface area contributed by atoms with E-state index in [2.05, 4.69) is 27.1 Å². The van der Waals surface area contributed by atoms with Crippen molar-refractivity contribution in [1.82, 2.24) is 19.7 Å². The summed E-state index contributed by atoms with van der Waals surface area (Å²) in [4.78, 5) is 18.1. The largest absolute Gasteiger partial charge is 0.298 e. The summed E-state index contributed by atoms with van der Waals surface area (Å²) in [5.41, 5.74) is 1.43. The van der Waals surface area contributed by atoms with Gasteiger partial charge in [-0.2, -0.15) is 5.10 Å². The first-order chi connectivity index (χ1) is 13.1. The van der Waals surface area contributed by atoms with Gasteiger partial charge in [0.1, 0.15) is 0 Å². The van der Waals surface area contributed by atoms with Gasteiger partial charge < -0.3 is 0 Å². The Hall–Kier alpha value is -2.62. The first-order valence-corrected chi connectivity index (χ1v) is 10.2. The second-order valence-corrected chi connectivity index (χ2v) is 8.08. The van der Waals surface area contributed by atoms with Gasteiger partial charge in [0.2, 0.25) is 0 Å². The van der Waals surface area contributed by atoms with Crippen LogP contribution in [0.4, 0.5) is 5.13 Å². The summed E-state index contributed by atoms with van der Waals surface area (Å²) in [6, 6.07) is 7.85. The van der Waals surface area contributed by atoms with E-state index in [0.717, 1.165) is 20.7 Å². The molecule has 0 bridgehead atoms. The van der Waals surface area contributed by atoms with Crippen molar-refractivity contribution < 1.29 is 4.79 Å². The lowest BCUT2D eigenvalue weighted by atomic mass is 10.2. The SMILES string of the molecule is C=CCn1c(-c2sc(NC(=O)c3csc4ccccc34)nc2C)n[nH]c1=S. The molecule has 4 rings (SSSR count). The van der Waals surface area contributed by atoms with E-state index < -0.39 is 0 Å². The Labute approximate surface area is 168 Å². The van der Waals surface area contributed by atoms with Crippen molar-refractivity contribution in [3.8, 4) is 10.7 Å². The minimum atomic E-state index is -0.169. The van der Waals surface area contributed by atoms with Crippen molar-refractivity contribution in [2.45, 2.75) is 13.5 Å². The van der Waals surface area contributed by atoms with Crippen LogP contribution < -0.4 is 5.32 Å². The molecule has 0 saturated carbocycles. The zero-order chi connectivity index (χ0) is 19.0. The zero-order valence-corrected chi connectivity index (χ0v) is 16.8. The van der Waals surface area contributed by atoms with Crippen molar-refractivity contribution in [2.75, 3.05) is 5.32 Å². The molecule has 0 aliphatic heterocycles. The number of anilines is 1. The zero-order valence-electron chi connectivity index (χ0n) is 14.4. The number of rotatable bonds is 5. The Bertz CT molecular complexity index is 1210. The third kappa shape index (κ3) is 3.25. The van der Waals surface area contributed by atoms with E-state index in [9.17, 15) is 4.79 Å². The third-order valence-corrected chi connectivity index (χ3v) is 6.36. The molecule has 9 heteroatoms. The summed E-state index contributed by atoms with van der Waals surface area (Å²) < 4.78 is 3.45. The first kappa shape index (κ1) is 17.8. The second-order valence-electron chi connectivity index (χ2n) is 5.78. The van der Waals surface area contributed by atoms with Gasteiger partial charge in [-0.1, -0.05) is 35.6 Å². The molecule has 1 amide bonds. The highest BCUT2D eigenvalue weighted by Gasteiger charge is 2.18. The van der Waals surface area contributed by atoms with Gasteiger partial charge in [0.15, 0.2) is 15.7 Å². The minimum absolute atomic E-state index is 0.169. The molecule has 27 heavy (non-hydrogen) atoms. The van der Waals surface area contributed by atoms with Gasteiger partial charge in [-0.05, 0) is 25.2 Å². The molecule has 6 nitrogen and oxygen atoms in total. The van der Waals surface area contributed by atoms with E-state index >= 15 is 0 Å². The van der Waals surface area contributed by atoms with Crippen molar-refractivity contribution in [2.24, 2.45) is 0 Å². The quantitative estimate of drug-likeness (QED) is 0.356. The highest BCUT2D eigenvalue weighted by Crippen LogP contribution is 2.33. The highest BCUT2D eigenvalue weighted by atomic mass is 32.1. The summed E-state index contributed by atoms with van der Waals surface area (Å²) in [5.74, 6) is 0.522. The number of aromatic amines is 1. The lowest BCUT2D eigenvalue weighted by Crippen LogP contribution is -2.10. The van der Waals surface area contributed by atoms with Gasteiger partial charge in [0.05, 0.1) is 16.1 Å². The number of aromatic nitrogens is 4. The fourth-order valence-corrected chi connectivity index (χ4v) is 4.87. The number of benzene rings is 1. The maximum absolute atomic E-state index is 12.7. The summed E-state index contributed by atoms with van der Waals surface area (Å²) in [5, 5.41) is 13.4. The van der Waals surface area contributed by atoms with E-state index in [-0.39, 0.29) is 5.91 Å². The molecule has 3 aromatic heterocycles.